The first-order valence-electron chi connectivity index (χ1n) is 5.81. The molecule has 0 aliphatic heterocycles. The quantitative estimate of drug-likeness (QED) is 0.714. The molecule has 0 heterocycles. The van der Waals surface area contributed by atoms with E-state index in [1.807, 2.05) is 0 Å². The molecule has 1 N–H and O–H groups in total. The average Bonchev–Trinajstić information content (AvgIpc) is 2.03. The largest absolute Gasteiger partial charge is 0.393 e. The summed E-state index contributed by atoms with van der Waals surface area (Å²) in [6.07, 6.45) is 5.92. The van der Waals surface area contributed by atoms with Gasteiger partial charge in [0, 0.05) is 0 Å². The van der Waals surface area contributed by atoms with E-state index in [0.29, 0.717) is 0 Å². The predicted octanol–water partition coefficient (Wildman–Crippen LogP) is 3.22. The molecule has 0 aromatic rings. The highest BCUT2D eigenvalue weighted by Gasteiger charge is 2.28. The number of rotatable bonds is 3. The van der Waals surface area contributed by atoms with Crippen LogP contribution < -0.4 is 0 Å². The molecule has 78 valence electrons. The number of hydrogen-bond donors (Lipinski definition) is 1. The van der Waals surface area contributed by atoms with Gasteiger partial charge in [0.15, 0.2) is 0 Å². The monoisotopic (exact) mass is 184 g/mol. The van der Waals surface area contributed by atoms with Crippen LogP contribution in [0.1, 0.15) is 52.9 Å². The van der Waals surface area contributed by atoms with Gasteiger partial charge in [0.05, 0.1) is 6.10 Å². The van der Waals surface area contributed by atoms with Gasteiger partial charge in [-0.15, -0.1) is 0 Å². The molecule has 13 heavy (non-hydrogen) atoms. The van der Waals surface area contributed by atoms with Crippen molar-refractivity contribution < 1.29 is 5.11 Å². The molecule has 0 radical (unpaired) electrons. The van der Waals surface area contributed by atoms with Crippen molar-refractivity contribution in [2.75, 3.05) is 0 Å². The lowest BCUT2D eigenvalue weighted by atomic mass is 9.73. The topological polar surface area (TPSA) is 20.2 Å². The summed E-state index contributed by atoms with van der Waals surface area (Å²) in [6.45, 7) is 6.86. The van der Waals surface area contributed by atoms with Crippen molar-refractivity contribution in [2.24, 2.45) is 17.8 Å². The van der Waals surface area contributed by atoms with E-state index >= 15 is 0 Å². The molecule has 0 spiro atoms. The zero-order chi connectivity index (χ0) is 9.84. The molecule has 3 atom stereocenters. The van der Waals surface area contributed by atoms with Crippen molar-refractivity contribution in [2.45, 2.75) is 59.0 Å². The minimum Gasteiger partial charge on any atom is -0.393 e. The van der Waals surface area contributed by atoms with Crippen LogP contribution in [0, 0.1) is 17.8 Å². The number of hydrogen-bond acceptors (Lipinski definition) is 1. The maximum Gasteiger partial charge on any atom is 0.0543 e. The molecular formula is C12H24O. The Hall–Kier alpha value is -0.0400. The van der Waals surface area contributed by atoms with E-state index in [9.17, 15) is 5.11 Å². The summed E-state index contributed by atoms with van der Waals surface area (Å²) in [5, 5.41) is 9.61. The highest BCUT2D eigenvalue weighted by Crippen LogP contribution is 2.36. The fourth-order valence-corrected chi connectivity index (χ4v) is 2.73. The Labute approximate surface area is 82.5 Å². The maximum absolute atomic E-state index is 9.61. The lowest BCUT2D eigenvalue weighted by molar-refractivity contribution is 0.0586. The molecule has 1 fully saturated rings. The van der Waals surface area contributed by atoms with Crippen LogP contribution in [0.5, 0.6) is 0 Å². The van der Waals surface area contributed by atoms with Crippen LogP contribution in [0.3, 0.4) is 0 Å². The molecule has 0 bridgehead atoms. The van der Waals surface area contributed by atoms with E-state index in [2.05, 4.69) is 20.8 Å². The van der Waals surface area contributed by atoms with Crippen LogP contribution >= 0.6 is 0 Å². The maximum atomic E-state index is 9.61. The molecule has 0 amide bonds. The minimum absolute atomic E-state index is 0.00782. The van der Waals surface area contributed by atoms with Gasteiger partial charge < -0.3 is 5.11 Å². The van der Waals surface area contributed by atoms with Gasteiger partial charge in [-0.3, -0.25) is 0 Å². The van der Waals surface area contributed by atoms with Crippen molar-refractivity contribution in [3.05, 3.63) is 0 Å². The summed E-state index contributed by atoms with van der Waals surface area (Å²) in [5.74, 6) is 2.45. The van der Waals surface area contributed by atoms with E-state index in [4.69, 9.17) is 0 Å². The third-order valence-electron chi connectivity index (χ3n) is 3.41. The SMILES string of the molecule is CCC1CCC(O)CC1CC(C)C. The van der Waals surface area contributed by atoms with Crippen molar-refractivity contribution >= 4 is 0 Å². The third kappa shape index (κ3) is 3.30. The first-order chi connectivity index (χ1) is 6.13. The average molecular weight is 184 g/mol. The predicted molar refractivity (Wildman–Crippen MR) is 56.6 cm³/mol. The summed E-state index contributed by atoms with van der Waals surface area (Å²) in [6, 6.07) is 0. The van der Waals surface area contributed by atoms with Gasteiger partial charge >= 0.3 is 0 Å². The second-order valence-electron chi connectivity index (χ2n) is 5.02. The zero-order valence-electron chi connectivity index (χ0n) is 9.29. The molecule has 1 aliphatic carbocycles. The first-order valence-corrected chi connectivity index (χ1v) is 5.81. The van der Waals surface area contributed by atoms with Crippen molar-refractivity contribution in [1.29, 1.82) is 0 Å². The van der Waals surface area contributed by atoms with Crippen molar-refractivity contribution in [3.8, 4) is 0 Å². The van der Waals surface area contributed by atoms with E-state index < -0.39 is 0 Å². The number of aliphatic hydroxyl groups is 1. The van der Waals surface area contributed by atoms with Crippen LogP contribution in [0.15, 0.2) is 0 Å². The summed E-state index contributed by atoms with van der Waals surface area (Å²) in [7, 11) is 0. The minimum atomic E-state index is -0.00782. The van der Waals surface area contributed by atoms with E-state index in [1.165, 1.54) is 19.3 Å². The Morgan fingerprint density at radius 2 is 1.92 bits per heavy atom. The molecule has 3 unspecified atom stereocenters. The molecular weight excluding hydrogens is 160 g/mol. The lowest BCUT2D eigenvalue weighted by Gasteiger charge is -2.34. The van der Waals surface area contributed by atoms with Gasteiger partial charge in [0.1, 0.15) is 0 Å². The molecule has 1 aliphatic rings. The van der Waals surface area contributed by atoms with Gasteiger partial charge in [-0.05, 0) is 43.4 Å². The van der Waals surface area contributed by atoms with Gasteiger partial charge in [0.2, 0.25) is 0 Å². The summed E-state index contributed by atoms with van der Waals surface area (Å²) in [5.41, 5.74) is 0. The number of aliphatic hydroxyl groups excluding tert-OH is 1. The van der Waals surface area contributed by atoms with Crippen LogP contribution in [0.2, 0.25) is 0 Å². The molecule has 0 aromatic carbocycles. The van der Waals surface area contributed by atoms with Crippen molar-refractivity contribution in [3.63, 3.8) is 0 Å². The van der Waals surface area contributed by atoms with E-state index in [-0.39, 0.29) is 6.10 Å². The molecule has 0 aromatic heterocycles. The second-order valence-corrected chi connectivity index (χ2v) is 5.02. The van der Waals surface area contributed by atoms with Gasteiger partial charge in [-0.1, -0.05) is 27.2 Å². The Bertz CT molecular complexity index is 140. The van der Waals surface area contributed by atoms with E-state index in [0.717, 1.165) is 30.6 Å². The molecule has 0 saturated heterocycles. The lowest BCUT2D eigenvalue weighted by Crippen LogP contribution is -2.28. The van der Waals surface area contributed by atoms with Crippen LogP contribution in [-0.4, -0.2) is 11.2 Å². The summed E-state index contributed by atoms with van der Waals surface area (Å²) < 4.78 is 0. The summed E-state index contributed by atoms with van der Waals surface area (Å²) >= 11 is 0. The first kappa shape index (κ1) is 11.0. The van der Waals surface area contributed by atoms with Gasteiger partial charge in [-0.2, -0.15) is 0 Å². The highest BCUT2D eigenvalue weighted by molar-refractivity contribution is 4.79. The Kier molecular flexibility index (Phi) is 4.24. The molecule has 1 rings (SSSR count). The standard InChI is InChI=1S/C12H24O/c1-4-10-5-6-12(13)8-11(10)7-9(2)3/h9-13H,4-8H2,1-3H3. The van der Waals surface area contributed by atoms with Crippen LogP contribution in [-0.2, 0) is 0 Å². The normalized spacial score (nSPS) is 35.3. The van der Waals surface area contributed by atoms with Crippen LogP contribution in [0.25, 0.3) is 0 Å². The molecule has 1 nitrogen and oxygen atoms in total. The van der Waals surface area contributed by atoms with Crippen molar-refractivity contribution in [1.82, 2.24) is 0 Å². The molecule has 1 heteroatoms. The molecule has 1 saturated carbocycles. The fraction of sp³-hybridized carbons (Fsp3) is 1.00. The third-order valence-corrected chi connectivity index (χ3v) is 3.41. The summed E-state index contributed by atoms with van der Waals surface area (Å²) in [4.78, 5) is 0. The highest BCUT2D eigenvalue weighted by atomic mass is 16.3. The second kappa shape index (κ2) is 4.99. The van der Waals surface area contributed by atoms with Gasteiger partial charge in [-0.25, -0.2) is 0 Å². The Morgan fingerprint density at radius 1 is 1.23 bits per heavy atom. The smallest absolute Gasteiger partial charge is 0.0543 e. The Morgan fingerprint density at radius 3 is 2.46 bits per heavy atom. The Balaban J connectivity index is 2.44. The van der Waals surface area contributed by atoms with E-state index in [1.54, 1.807) is 0 Å². The van der Waals surface area contributed by atoms with Crippen LogP contribution in [0.4, 0.5) is 0 Å². The zero-order valence-corrected chi connectivity index (χ0v) is 9.29. The fourth-order valence-electron chi connectivity index (χ4n) is 2.73. The van der Waals surface area contributed by atoms with Gasteiger partial charge in [0.25, 0.3) is 0 Å².